The smallest absolute Gasteiger partial charge is 0.311 e. The molecule has 1 aliphatic heterocycles. The lowest BCUT2D eigenvalue weighted by Gasteiger charge is -2.05. The van der Waals surface area contributed by atoms with E-state index in [-0.39, 0.29) is 12.8 Å². The van der Waals surface area contributed by atoms with Crippen LogP contribution in [-0.4, -0.2) is 17.7 Å². The van der Waals surface area contributed by atoms with Gasteiger partial charge in [-0.1, -0.05) is 18.2 Å². The Hall–Kier alpha value is -2.95. The zero-order chi connectivity index (χ0) is 16.4. The number of carbonyl (C=O) groups is 1. The van der Waals surface area contributed by atoms with Gasteiger partial charge >= 0.3 is 5.97 Å². The van der Waals surface area contributed by atoms with Crippen molar-refractivity contribution in [1.29, 1.82) is 0 Å². The maximum atomic E-state index is 12.0. The van der Waals surface area contributed by atoms with E-state index in [9.17, 15) is 4.79 Å². The average Bonchev–Trinajstić information content (AvgIpc) is 3.21. The van der Waals surface area contributed by atoms with Crippen molar-refractivity contribution >= 4 is 16.9 Å². The molecule has 0 saturated carbocycles. The molecule has 5 nitrogen and oxygen atoms in total. The zero-order valence-electron chi connectivity index (χ0n) is 13.1. The predicted molar refractivity (Wildman–Crippen MR) is 89.4 cm³/mol. The quantitative estimate of drug-likeness (QED) is 0.573. The molecule has 0 aliphatic carbocycles. The normalized spacial score (nSPS) is 12.5. The molecule has 0 unspecified atom stereocenters. The molecule has 0 spiro atoms. The van der Waals surface area contributed by atoms with E-state index in [0.717, 1.165) is 18.4 Å². The molecular formula is C19H17NO4. The molecule has 1 aliphatic rings. The van der Waals surface area contributed by atoms with Gasteiger partial charge in [-0.25, -0.2) is 0 Å². The molecule has 0 atom stereocenters. The van der Waals surface area contributed by atoms with E-state index in [1.165, 1.54) is 10.9 Å². The van der Waals surface area contributed by atoms with Crippen molar-refractivity contribution in [2.75, 3.05) is 6.79 Å². The fraction of sp³-hybridized carbons (Fsp3) is 0.211. The number of nitrogens with one attached hydrogen (secondary N) is 1. The second-order valence-corrected chi connectivity index (χ2v) is 5.70. The van der Waals surface area contributed by atoms with Gasteiger partial charge in [-0.3, -0.25) is 4.79 Å². The van der Waals surface area contributed by atoms with E-state index in [2.05, 4.69) is 11.1 Å². The number of fused-ring (bicyclic) bond motifs is 2. The highest BCUT2D eigenvalue weighted by molar-refractivity contribution is 5.83. The number of para-hydroxylation sites is 1. The van der Waals surface area contributed by atoms with Crippen LogP contribution < -0.4 is 14.2 Å². The highest BCUT2D eigenvalue weighted by Crippen LogP contribution is 2.35. The molecule has 0 fully saturated rings. The number of benzene rings is 2. The van der Waals surface area contributed by atoms with Crippen LogP contribution in [0.5, 0.6) is 17.2 Å². The number of ether oxygens (including phenoxy) is 3. The number of esters is 1. The summed E-state index contributed by atoms with van der Waals surface area (Å²) in [6.07, 6.45) is 3.95. The summed E-state index contributed by atoms with van der Waals surface area (Å²) >= 11 is 0. The first-order valence-electron chi connectivity index (χ1n) is 7.95. The molecule has 5 heteroatoms. The summed E-state index contributed by atoms with van der Waals surface area (Å²) in [5, 5.41) is 1.21. The molecule has 3 aromatic rings. The van der Waals surface area contributed by atoms with Crippen molar-refractivity contribution in [2.45, 2.75) is 19.3 Å². The Labute approximate surface area is 139 Å². The van der Waals surface area contributed by atoms with Gasteiger partial charge in [-0.2, -0.15) is 0 Å². The van der Waals surface area contributed by atoms with E-state index < -0.39 is 0 Å². The van der Waals surface area contributed by atoms with Gasteiger partial charge in [0.15, 0.2) is 11.5 Å². The van der Waals surface area contributed by atoms with Gasteiger partial charge in [0.05, 0.1) is 0 Å². The van der Waals surface area contributed by atoms with Crippen molar-refractivity contribution < 1.29 is 19.0 Å². The number of hydrogen-bond acceptors (Lipinski definition) is 4. The zero-order valence-corrected chi connectivity index (χ0v) is 13.1. The fourth-order valence-corrected chi connectivity index (χ4v) is 2.88. The van der Waals surface area contributed by atoms with E-state index >= 15 is 0 Å². The fourth-order valence-electron chi connectivity index (χ4n) is 2.88. The van der Waals surface area contributed by atoms with E-state index in [1.54, 1.807) is 18.2 Å². The van der Waals surface area contributed by atoms with Crippen LogP contribution in [0.15, 0.2) is 48.7 Å². The first-order chi connectivity index (χ1) is 11.8. The third-order valence-electron chi connectivity index (χ3n) is 4.08. The van der Waals surface area contributed by atoms with Crippen LogP contribution in [0, 0.1) is 0 Å². The monoisotopic (exact) mass is 323 g/mol. The summed E-state index contributed by atoms with van der Waals surface area (Å²) in [7, 11) is 0. The molecule has 1 N–H and O–H groups in total. The third kappa shape index (κ3) is 2.93. The molecule has 0 saturated heterocycles. The Bertz CT molecular complexity index is 884. The Balaban J connectivity index is 1.32. The predicted octanol–water partition coefficient (Wildman–Crippen LogP) is 3.82. The molecule has 2 aromatic carbocycles. The average molecular weight is 323 g/mol. The third-order valence-corrected chi connectivity index (χ3v) is 4.08. The van der Waals surface area contributed by atoms with Gasteiger partial charge in [0.1, 0.15) is 5.75 Å². The SMILES string of the molecule is O=C(CCCc1c[nH]c2ccccc12)Oc1ccc2c(c1)OCO2. The van der Waals surface area contributed by atoms with Crippen molar-refractivity contribution in [3.05, 3.63) is 54.2 Å². The Morgan fingerprint density at radius 3 is 2.96 bits per heavy atom. The summed E-state index contributed by atoms with van der Waals surface area (Å²) in [4.78, 5) is 15.3. The molecule has 0 bridgehead atoms. The topological polar surface area (TPSA) is 60.6 Å². The minimum Gasteiger partial charge on any atom is -0.454 e. The Kier molecular flexibility index (Phi) is 3.83. The molecule has 1 aromatic heterocycles. The van der Waals surface area contributed by atoms with E-state index in [0.29, 0.717) is 23.7 Å². The Morgan fingerprint density at radius 2 is 2.00 bits per heavy atom. The first-order valence-corrected chi connectivity index (χ1v) is 7.95. The number of carbonyl (C=O) groups excluding carboxylic acids is 1. The van der Waals surface area contributed by atoms with Gasteiger partial charge in [-0.15, -0.1) is 0 Å². The molecule has 122 valence electrons. The maximum Gasteiger partial charge on any atom is 0.311 e. The van der Waals surface area contributed by atoms with E-state index in [4.69, 9.17) is 14.2 Å². The van der Waals surface area contributed by atoms with Crippen LogP contribution in [0.2, 0.25) is 0 Å². The summed E-state index contributed by atoms with van der Waals surface area (Å²) in [5.41, 5.74) is 2.34. The molecule has 0 amide bonds. The highest BCUT2D eigenvalue weighted by Gasteiger charge is 2.15. The van der Waals surface area contributed by atoms with Gasteiger partial charge in [-0.05, 0) is 36.6 Å². The second-order valence-electron chi connectivity index (χ2n) is 5.70. The lowest BCUT2D eigenvalue weighted by molar-refractivity contribution is -0.134. The molecule has 2 heterocycles. The van der Waals surface area contributed by atoms with Gasteiger partial charge in [0.25, 0.3) is 0 Å². The number of aromatic nitrogens is 1. The molecular weight excluding hydrogens is 306 g/mol. The summed E-state index contributed by atoms with van der Waals surface area (Å²) < 4.78 is 15.9. The standard InChI is InChI=1S/C19H17NO4/c21-19(24-14-8-9-17-18(10-14)23-12-22-17)7-3-4-13-11-20-16-6-2-1-5-15(13)16/h1-2,5-6,8-11,20H,3-4,7,12H2. The van der Waals surface area contributed by atoms with Gasteiger partial charge in [0, 0.05) is 29.6 Å². The van der Waals surface area contributed by atoms with Crippen LogP contribution in [0.1, 0.15) is 18.4 Å². The van der Waals surface area contributed by atoms with E-state index in [1.807, 2.05) is 24.4 Å². The molecule has 24 heavy (non-hydrogen) atoms. The van der Waals surface area contributed by atoms with Crippen LogP contribution in [0.3, 0.4) is 0 Å². The van der Waals surface area contributed by atoms with Crippen molar-refractivity contribution in [3.8, 4) is 17.2 Å². The minimum atomic E-state index is -0.242. The summed E-state index contributed by atoms with van der Waals surface area (Å²) in [6, 6.07) is 13.3. The largest absolute Gasteiger partial charge is 0.454 e. The highest BCUT2D eigenvalue weighted by atomic mass is 16.7. The number of aromatic amines is 1. The van der Waals surface area contributed by atoms with Crippen LogP contribution in [0.25, 0.3) is 10.9 Å². The van der Waals surface area contributed by atoms with Gasteiger partial charge in [0.2, 0.25) is 6.79 Å². The Morgan fingerprint density at radius 1 is 1.12 bits per heavy atom. The van der Waals surface area contributed by atoms with Crippen molar-refractivity contribution in [2.24, 2.45) is 0 Å². The number of rotatable bonds is 5. The second kappa shape index (κ2) is 6.28. The summed E-state index contributed by atoms with van der Waals surface area (Å²) in [6.45, 7) is 0.206. The molecule has 0 radical (unpaired) electrons. The van der Waals surface area contributed by atoms with Crippen LogP contribution in [-0.2, 0) is 11.2 Å². The van der Waals surface area contributed by atoms with Crippen LogP contribution in [0.4, 0.5) is 0 Å². The number of hydrogen-bond donors (Lipinski definition) is 1. The van der Waals surface area contributed by atoms with Crippen LogP contribution >= 0.6 is 0 Å². The molecule has 4 rings (SSSR count). The lowest BCUT2D eigenvalue weighted by Crippen LogP contribution is -2.08. The number of aryl methyl sites for hydroxylation is 1. The van der Waals surface area contributed by atoms with Crippen molar-refractivity contribution in [1.82, 2.24) is 4.98 Å². The lowest BCUT2D eigenvalue weighted by atomic mass is 10.1. The maximum absolute atomic E-state index is 12.0. The van der Waals surface area contributed by atoms with Crippen molar-refractivity contribution in [3.63, 3.8) is 0 Å². The van der Waals surface area contributed by atoms with Gasteiger partial charge < -0.3 is 19.2 Å². The summed E-state index contributed by atoms with van der Waals surface area (Å²) in [5.74, 6) is 1.53. The first kappa shape index (κ1) is 14.6. The minimum absolute atomic E-state index is 0.206. The number of H-pyrrole nitrogens is 1.